The van der Waals surface area contributed by atoms with Gasteiger partial charge in [0, 0.05) is 5.69 Å². The highest BCUT2D eigenvalue weighted by molar-refractivity contribution is 6.04. The van der Waals surface area contributed by atoms with Crippen molar-refractivity contribution in [1.82, 2.24) is 4.98 Å². The van der Waals surface area contributed by atoms with Gasteiger partial charge in [0.2, 0.25) is 5.78 Å². The molecule has 1 heterocycles. The third-order valence-corrected chi connectivity index (χ3v) is 5.06. The van der Waals surface area contributed by atoms with E-state index < -0.39 is 18.0 Å². The van der Waals surface area contributed by atoms with Gasteiger partial charge in [-0.2, -0.15) is 0 Å². The number of H-pyrrole nitrogens is 1. The standard InChI is InChI=1S/C21H23NO5/c1-11-17(21(25)26-4)12(2)22-18(11)19(23)13(3)27-20(24)16-9-8-14-6-5-7-15(14)10-16/h8-10,13,22H,5-7H2,1-4H3/t13-/m0/s1. The number of rotatable bonds is 5. The van der Waals surface area contributed by atoms with E-state index in [2.05, 4.69) is 4.98 Å². The number of ether oxygens (including phenoxy) is 2. The quantitative estimate of drug-likeness (QED) is 0.645. The van der Waals surface area contributed by atoms with Crippen molar-refractivity contribution in [3.8, 4) is 0 Å². The number of fused-ring (bicyclic) bond motifs is 1. The van der Waals surface area contributed by atoms with Gasteiger partial charge in [-0.15, -0.1) is 0 Å². The predicted octanol–water partition coefficient (Wildman–Crippen LogP) is 3.34. The average molecular weight is 369 g/mol. The normalized spacial score (nSPS) is 13.8. The maximum atomic E-state index is 12.7. The lowest BCUT2D eigenvalue weighted by atomic mass is 10.1. The smallest absolute Gasteiger partial charge is 0.339 e. The fraction of sp³-hybridized carbons (Fsp3) is 0.381. The summed E-state index contributed by atoms with van der Waals surface area (Å²) in [5, 5.41) is 0. The molecule has 3 rings (SSSR count). The number of carbonyl (C=O) groups excluding carboxylic acids is 3. The molecule has 2 aromatic rings. The zero-order valence-electron chi connectivity index (χ0n) is 16.0. The van der Waals surface area contributed by atoms with Crippen molar-refractivity contribution in [1.29, 1.82) is 0 Å². The van der Waals surface area contributed by atoms with Crippen molar-refractivity contribution < 1.29 is 23.9 Å². The molecule has 0 unspecified atom stereocenters. The maximum absolute atomic E-state index is 12.7. The fourth-order valence-electron chi connectivity index (χ4n) is 3.59. The van der Waals surface area contributed by atoms with Crippen molar-refractivity contribution in [2.24, 2.45) is 0 Å². The largest absolute Gasteiger partial charge is 0.465 e. The van der Waals surface area contributed by atoms with E-state index in [1.165, 1.54) is 25.2 Å². The summed E-state index contributed by atoms with van der Waals surface area (Å²) in [6, 6.07) is 5.54. The molecule has 1 aliphatic carbocycles. The zero-order valence-corrected chi connectivity index (χ0v) is 16.0. The van der Waals surface area contributed by atoms with Gasteiger partial charge in [-0.25, -0.2) is 9.59 Å². The second kappa shape index (κ2) is 7.39. The molecule has 0 aliphatic heterocycles. The zero-order chi connectivity index (χ0) is 19.7. The molecule has 6 heteroatoms. The molecule has 0 amide bonds. The number of hydrogen-bond donors (Lipinski definition) is 1. The molecule has 27 heavy (non-hydrogen) atoms. The second-order valence-corrected chi connectivity index (χ2v) is 6.87. The molecule has 1 aromatic carbocycles. The van der Waals surface area contributed by atoms with Gasteiger partial charge in [0.05, 0.1) is 23.9 Å². The van der Waals surface area contributed by atoms with Gasteiger partial charge >= 0.3 is 11.9 Å². The molecule has 1 atom stereocenters. The Labute approximate surface area is 157 Å². The van der Waals surface area contributed by atoms with E-state index >= 15 is 0 Å². The first-order valence-electron chi connectivity index (χ1n) is 8.98. The first-order chi connectivity index (χ1) is 12.8. The molecule has 6 nitrogen and oxygen atoms in total. The number of carbonyl (C=O) groups is 3. The first kappa shape index (κ1) is 18.9. The van der Waals surface area contributed by atoms with E-state index in [4.69, 9.17) is 9.47 Å². The summed E-state index contributed by atoms with van der Waals surface area (Å²) in [5.41, 5.74) is 4.50. The Kier molecular flexibility index (Phi) is 5.17. The minimum Gasteiger partial charge on any atom is -0.465 e. The van der Waals surface area contributed by atoms with Crippen LogP contribution in [0.2, 0.25) is 0 Å². The van der Waals surface area contributed by atoms with Crippen LogP contribution in [-0.4, -0.2) is 35.9 Å². The molecule has 0 fully saturated rings. The molecule has 0 saturated heterocycles. The summed E-state index contributed by atoms with van der Waals surface area (Å²) in [6.07, 6.45) is 2.11. The summed E-state index contributed by atoms with van der Waals surface area (Å²) in [4.78, 5) is 40.0. The summed E-state index contributed by atoms with van der Waals surface area (Å²) in [5.74, 6) is -1.43. The lowest BCUT2D eigenvalue weighted by Crippen LogP contribution is -2.25. The number of aryl methyl sites for hydroxylation is 3. The summed E-state index contributed by atoms with van der Waals surface area (Å²) in [6.45, 7) is 4.89. The molecule has 142 valence electrons. The van der Waals surface area contributed by atoms with Crippen molar-refractivity contribution in [2.75, 3.05) is 7.11 Å². The molecular weight excluding hydrogens is 346 g/mol. The number of Topliss-reactive ketones (excluding diaryl/α,β-unsaturated/α-hetero) is 1. The lowest BCUT2D eigenvalue weighted by molar-refractivity contribution is 0.0316. The molecule has 0 bridgehead atoms. The van der Waals surface area contributed by atoms with Gasteiger partial charge in [0.1, 0.15) is 0 Å². The third kappa shape index (κ3) is 3.52. The van der Waals surface area contributed by atoms with Crippen LogP contribution in [0.15, 0.2) is 18.2 Å². The number of benzene rings is 1. The Morgan fingerprint density at radius 2 is 1.78 bits per heavy atom. The molecule has 1 aromatic heterocycles. The molecule has 1 N–H and O–H groups in total. The third-order valence-electron chi connectivity index (χ3n) is 5.06. The minimum absolute atomic E-state index is 0.252. The number of aromatic nitrogens is 1. The summed E-state index contributed by atoms with van der Waals surface area (Å²) < 4.78 is 10.1. The molecule has 0 saturated carbocycles. The molecule has 0 radical (unpaired) electrons. The monoisotopic (exact) mass is 369 g/mol. The van der Waals surface area contributed by atoms with Gasteiger partial charge in [0.25, 0.3) is 0 Å². The van der Waals surface area contributed by atoms with Crippen LogP contribution in [0.3, 0.4) is 0 Å². The highest BCUT2D eigenvalue weighted by atomic mass is 16.5. The highest BCUT2D eigenvalue weighted by Crippen LogP contribution is 2.24. The first-order valence-corrected chi connectivity index (χ1v) is 8.98. The molecular formula is C21H23NO5. The van der Waals surface area contributed by atoms with Crippen LogP contribution in [0, 0.1) is 13.8 Å². The van der Waals surface area contributed by atoms with Gasteiger partial charge in [-0.05, 0) is 68.9 Å². The number of hydrogen-bond acceptors (Lipinski definition) is 5. The Balaban J connectivity index is 1.76. The summed E-state index contributed by atoms with van der Waals surface area (Å²) >= 11 is 0. The van der Waals surface area contributed by atoms with Crippen LogP contribution in [0.1, 0.15) is 66.9 Å². The van der Waals surface area contributed by atoms with E-state index in [0.717, 1.165) is 19.3 Å². The summed E-state index contributed by atoms with van der Waals surface area (Å²) in [7, 11) is 1.29. The van der Waals surface area contributed by atoms with Crippen molar-refractivity contribution in [3.63, 3.8) is 0 Å². The van der Waals surface area contributed by atoms with Gasteiger partial charge in [-0.3, -0.25) is 4.79 Å². The van der Waals surface area contributed by atoms with Gasteiger partial charge in [0.15, 0.2) is 6.10 Å². The van der Waals surface area contributed by atoms with Crippen LogP contribution >= 0.6 is 0 Å². The number of methoxy groups -OCH3 is 1. The fourth-order valence-corrected chi connectivity index (χ4v) is 3.59. The van der Waals surface area contributed by atoms with Gasteiger partial charge in [-0.1, -0.05) is 6.07 Å². The number of aromatic amines is 1. The Morgan fingerprint density at radius 3 is 2.48 bits per heavy atom. The molecule has 1 aliphatic rings. The number of esters is 2. The average Bonchev–Trinajstić information content (AvgIpc) is 3.23. The lowest BCUT2D eigenvalue weighted by Gasteiger charge is -2.13. The Morgan fingerprint density at radius 1 is 1.07 bits per heavy atom. The van der Waals surface area contributed by atoms with Crippen LogP contribution in [0.4, 0.5) is 0 Å². The predicted molar refractivity (Wildman–Crippen MR) is 99.3 cm³/mol. The highest BCUT2D eigenvalue weighted by Gasteiger charge is 2.28. The maximum Gasteiger partial charge on any atom is 0.339 e. The second-order valence-electron chi connectivity index (χ2n) is 6.87. The van der Waals surface area contributed by atoms with E-state index in [1.807, 2.05) is 12.1 Å². The van der Waals surface area contributed by atoms with Crippen LogP contribution < -0.4 is 0 Å². The van der Waals surface area contributed by atoms with E-state index in [9.17, 15) is 14.4 Å². The topological polar surface area (TPSA) is 85.5 Å². The number of ketones is 1. The Bertz CT molecular complexity index is 925. The van der Waals surface area contributed by atoms with Crippen molar-refractivity contribution >= 4 is 17.7 Å². The van der Waals surface area contributed by atoms with Crippen LogP contribution in [0.25, 0.3) is 0 Å². The van der Waals surface area contributed by atoms with Crippen molar-refractivity contribution in [2.45, 2.75) is 46.1 Å². The SMILES string of the molecule is COC(=O)c1c(C)[nH]c(C(=O)[C@H](C)OC(=O)c2ccc3c(c2)CCC3)c1C. The van der Waals surface area contributed by atoms with E-state index in [0.29, 0.717) is 22.4 Å². The Hall–Kier alpha value is -2.89. The van der Waals surface area contributed by atoms with Crippen LogP contribution in [0.5, 0.6) is 0 Å². The van der Waals surface area contributed by atoms with E-state index in [1.54, 1.807) is 19.9 Å². The van der Waals surface area contributed by atoms with Gasteiger partial charge < -0.3 is 14.5 Å². The molecule has 0 spiro atoms. The van der Waals surface area contributed by atoms with Crippen molar-refractivity contribution in [3.05, 3.63) is 57.4 Å². The number of nitrogens with one attached hydrogen (secondary N) is 1. The minimum atomic E-state index is -0.979. The van der Waals surface area contributed by atoms with Crippen LogP contribution in [-0.2, 0) is 22.3 Å². The van der Waals surface area contributed by atoms with E-state index in [-0.39, 0.29) is 11.5 Å².